The normalized spacial score (nSPS) is 19.4. The van der Waals surface area contributed by atoms with E-state index in [4.69, 9.17) is 4.74 Å². The molecule has 1 N–H and O–H groups in total. The van der Waals surface area contributed by atoms with Crippen molar-refractivity contribution in [3.63, 3.8) is 0 Å². The Bertz CT molecular complexity index is 166. The second-order valence-corrected chi connectivity index (χ2v) is 5.59. The van der Waals surface area contributed by atoms with Crippen LogP contribution in [0.1, 0.15) is 58.3 Å². The first kappa shape index (κ1) is 15.0. The van der Waals surface area contributed by atoms with Crippen LogP contribution >= 0.6 is 0 Å². The molecule has 1 saturated carbocycles. The Balaban J connectivity index is 2.16. The number of hydrogen-bond donors (Lipinski definition) is 1. The van der Waals surface area contributed by atoms with Gasteiger partial charge in [-0.1, -0.05) is 45.4 Å². The maximum atomic E-state index is 5.07. The second kappa shape index (κ2) is 9.90. The van der Waals surface area contributed by atoms with Crippen molar-refractivity contribution in [1.82, 2.24) is 5.32 Å². The maximum Gasteiger partial charge on any atom is 0.0587 e. The molecule has 1 atom stereocenters. The summed E-state index contributed by atoms with van der Waals surface area (Å²) in [5.41, 5.74) is 0. The lowest BCUT2D eigenvalue weighted by atomic mass is 9.81. The van der Waals surface area contributed by atoms with Crippen molar-refractivity contribution in [3.05, 3.63) is 0 Å². The molecule has 1 aliphatic rings. The summed E-state index contributed by atoms with van der Waals surface area (Å²) in [5.74, 6) is 1.91. The van der Waals surface area contributed by atoms with Crippen LogP contribution in [0.25, 0.3) is 0 Å². The Morgan fingerprint density at radius 1 is 1.24 bits per heavy atom. The molecule has 0 heterocycles. The van der Waals surface area contributed by atoms with Gasteiger partial charge < -0.3 is 10.1 Å². The fourth-order valence-corrected chi connectivity index (χ4v) is 3.09. The molecular formula is C15H31NO. The van der Waals surface area contributed by atoms with Crippen LogP contribution in [0.2, 0.25) is 0 Å². The average molecular weight is 241 g/mol. The van der Waals surface area contributed by atoms with Crippen molar-refractivity contribution in [2.75, 3.05) is 26.8 Å². The van der Waals surface area contributed by atoms with E-state index in [0.717, 1.165) is 25.0 Å². The van der Waals surface area contributed by atoms with Gasteiger partial charge in [-0.3, -0.25) is 0 Å². The van der Waals surface area contributed by atoms with Gasteiger partial charge in [0.25, 0.3) is 0 Å². The van der Waals surface area contributed by atoms with Gasteiger partial charge in [-0.05, 0) is 31.2 Å². The van der Waals surface area contributed by atoms with Crippen LogP contribution in [-0.4, -0.2) is 26.8 Å². The molecule has 0 aromatic heterocycles. The quantitative estimate of drug-likeness (QED) is 0.623. The number of methoxy groups -OCH3 is 1. The summed E-state index contributed by atoms with van der Waals surface area (Å²) in [5, 5.41) is 3.54. The molecule has 2 nitrogen and oxygen atoms in total. The molecule has 1 unspecified atom stereocenters. The van der Waals surface area contributed by atoms with Crippen LogP contribution in [0.15, 0.2) is 0 Å². The fraction of sp³-hybridized carbons (Fsp3) is 1.00. The van der Waals surface area contributed by atoms with E-state index < -0.39 is 0 Å². The molecule has 2 heteroatoms. The van der Waals surface area contributed by atoms with Gasteiger partial charge in [0.1, 0.15) is 0 Å². The molecule has 0 aromatic rings. The molecule has 17 heavy (non-hydrogen) atoms. The molecule has 0 amide bonds. The smallest absolute Gasteiger partial charge is 0.0587 e. The molecule has 0 aromatic carbocycles. The van der Waals surface area contributed by atoms with E-state index in [-0.39, 0.29) is 0 Å². The van der Waals surface area contributed by atoms with Crippen molar-refractivity contribution < 1.29 is 4.74 Å². The topological polar surface area (TPSA) is 21.3 Å². The lowest BCUT2D eigenvalue weighted by Gasteiger charge is -2.26. The molecule has 0 spiro atoms. The summed E-state index contributed by atoms with van der Waals surface area (Å²) >= 11 is 0. The molecule has 102 valence electrons. The van der Waals surface area contributed by atoms with Gasteiger partial charge >= 0.3 is 0 Å². The SMILES string of the molecule is CCCC(CNCCOC)CC1CCCCC1. The highest BCUT2D eigenvalue weighted by molar-refractivity contribution is 4.72. The number of rotatable bonds is 9. The van der Waals surface area contributed by atoms with Crippen LogP contribution in [0, 0.1) is 11.8 Å². The third-order valence-corrected chi connectivity index (χ3v) is 4.00. The highest BCUT2D eigenvalue weighted by Gasteiger charge is 2.18. The second-order valence-electron chi connectivity index (χ2n) is 5.59. The number of ether oxygens (including phenoxy) is 1. The monoisotopic (exact) mass is 241 g/mol. The molecule has 0 radical (unpaired) electrons. The van der Waals surface area contributed by atoms with Gasteiger partial charge in [-0.25, -0.2) is 0 Å². The lowest BCUT2D eigenvalue weighted by Crippen LogP contribution is -2.27. The van der Waals surface area contributed by atoms with E-state index in [1.165, 1.54) is 57.9 Å². The zero-order chi connectivity index (χ0) is 12.3. The van der Waals surface area contributed by atoms with Crippen LogP contribution < -0.4 is 5.32 Å². The molecule has 1 fully saturated rings. The summed E-state index contributed by atoms with van der Waals surface area (Å²) in [4.78, 5) is 0. The molecule has 0 bridgehead atoms. The zero-order valence-electron chi connectivity index (χ0n) is 11.8. The first-order valence-corrected chi connectivity index (χ1v) is 7.56. The van der Waals surface area contributed by atoms with Crippen LogP contribution in [0.5, 0.6) is 0 Å². The largest absolute Gasteiger partial charge is 0.383 e. The average Bonchev–Trinajstić information content (AvgIpc) is 2.36. The van der Waals surface area contributed by atoms with Gasteiger partial charge in [0.05, 0.1) is 6.61 Å². The molecule has 0 aliphatic heterocycles. The highest BCUT2D eigenvalue weighted by Crippen LogP contribution is 2.30. The standard InChI is InChI=1S/C15H31NO/c1-3-7-15(13-16-10-11-17-2)12-14-8-5-4-6-9-14/h14-16H,3-13H2,1-2H3. The van der Waals surface area contributed by atoms with Crippen molar-refractivity contribution in [2.45, 2.75) is 58.3 Å². The van der Waals surface area contributed by atoms with E-state index in [9.17, 15) is 0 Å². The minimum Gasteiger partial charge on any atom is -0.383 e. The first-order valence-electron chi connectivity index (χ1n) is 7.56. The summed E-state index contributed by atoms with van der Waals surface area (Å²) in [6.45, 7) is 5.33. The van der Waals surface area contributed by atoms with Crippen molar-refractivity contribution in [1.29, 1.82) is 0 Å². The molecule has 1 aliphatic carbocycles. The minimum absolute atomic E-state index is 0.836. The fourth-order valence-electron chi connectivity index (χ4n) is 3.09. The van der Waals surface area contributed by atoms with Crippen LogP contribution in [0.3, 0.4) is 0 Å². The molecule has 1 rings (SSSR count). The molecular weight excluding hydrogens is 210 g/mol. The van der Waals surface area contributed by atoms with Gasteiger partial charge in [-0.15, -0.1) is 0 Å². The summed E-state index contributed by atoms with van der Waals surface area (Å²) in [6, 6.07) is 0. The maximum absolute atomic E-state index is 5.07. The van der Waals surface area contributed by atoms with Gasteiger partial charge in [0.2, 0.25) is 0 Å². The number of nitrogens with one attached hydrogen (secondary N) is 1. The van der Waals surface area contributed by atoms with Crippen LogP contribution in [-0.2, 0) is 4.74 Å². The predicted molar refractivity (Wildman–Crippen MR) is 74.3 cm³/mol. The van der Waals surface area contributed by atoms with Gasteiger partial charge in [-0.2, -0.15) is 0 Å². The van der Waals surface area contributed by atoms with E-state index in [2.05, 4.69) is 12.2 Å². The van der Waals surface area contributed by atoms with E-state index >= 15 is 0 Å². The third-order valence-electron chi connectivity index (χ3n) is 4.00. The molecule has 0 saturated heterocycles. The van der Waals surface area contributed by atoms with Gasteiger partial charge in [0, 0.05) is 13.7 Å². The van der Waals surface area contributed by atoms with Crippen molar-refractivity contribution >= 4 is 0 Å². The highest BCUT2D eigenvalue weighted by atomic mass is 16.5. The van der Waals surface area contributed by atoms with E-state index in [1.807, 2.05) is 0 Å². The zero-order valence-corrected chi connectivity index (χ0v) is 11.8. The Morgan fingerprint density at radius 2 is 2.00 bits per heavy atom. The van der Waals surface area contributed by atoms with Crippen LogP contribution in [0.4, 0.5) is 0 Å². The van der Waals surface area contributed by atoms with E-state index in [0.29, 0.717) is 0 Å². The Labute approximate surface area is 108 Å². The Kier molecular flexibility index (Phi) is 8.72. The summed E-state index contributed by atoms with van der Waals surface area (Å²) in [7, 11) is 1.77. The van der Waals surface area contributed by atoms with Crippen molar-refractivity contribution in [2.24, 2.45) is 11.8 Å². The minimum atomic E-state index is 0.836. The first-order chi connectivity index (χ1) is 8.36. The summed E-state index contributed by atoms with van der Waals surface area (Å²) in [6.07, 6.45) is 11.5. The Morgan fingerprint density at radius 3 is 2.65 bits per heavy atom. The third kappa shape index (κ3) is 7.05. The van der Waals surface area contributed by atoms with E-state index in [1.54, 1.807) is 7.11 Å². The summed E-state index contributed by atoms with van der Waals surface area (Å²) < 4.78 is 5.07. The van der Waals surface area contributed by atoms with Crippen molar-refractivity contribution in [3.8, 4) is 0 Å². The Hall–Kier alpha value is -0.0800. The predicted octanol–water partition coefficient (Wildman–Crippen LogP) is 3.61. The lowest BCUT2D eigenvalue weighted by molar-refractivity contribution is 0.195. The number of hydrogen-bond acceptors (Lipinski definition) is 2. The van der Waals surface area contributed by atoms with Gasteiger partial charge in [0.15, 0.2) is 0 Å².